The maximum Gasteiger partial charge on any atom is 0.239 e. The van der Waals surface area contributed by atoms with Gasteiger partial charge in [-0.25, -0.2) is 4.90 Å². The second-order valence-corrected chi connectivity index (χ2v) is 10.8. The fourth-order valence-corrected chi connectivity index (χ4v) is 7.16. The zero-order valence-corrected chi connectivity index (χ0v) is 22.1. The van der Waals surface area contributed by atoms with E-state index in [4.69, 9.17) is 9.73 Å². The van der Waals surface area contributed by atoms with Gasteiger partial charge in [-0.1, -0.05) is 66.2 Å². The zero-order valence-electron chi connectivity index (χ0n) is 22.1. The van der Waals surface area contributed by atoms with E-state index in [-0.39, 0.29) is 17.7 Å². The molecule has 0 radical (unpaired) electrons. The van der Waals surface area contributed by atoms with Crippen molar-refractivity contribution >= 4 is 29.4 Å². The summed E-state index contributed by atoms with van der Waals surface area (Å²) >= 11 is 0. The van der Waals surface area contributed by atoms with Crippen molar-refractivity contribution in [1.82, 2.24) is 0 Å². The molecule has 3 aliphatic carbocycles. The first-order valence-corrected chi connectivity index (χ1v) is 13.3. The summed E-state index contributed by atoms with van der Waals surface area (Å²) in [6.45, 7) is 4.12. The molecule has 4 aromatic rings. The molecule has 1 fully saturated rings. The van der Waals surface area contributed by atoms with E-state index in [0.29, 0.717) is 11.4 Å². The van der Waals surface area contributed by atoms with Crippen LogP contribution >= 0.6 is 0 Å². The molecule has 4 aromatic carbocycles. The number of methoxy groups -OCH3 is 1. The molecule has 0 spiro atoms. The summed E-state index contributed by atoms with van der Waals surface area (Å²) in [6.07, 6.45) is 1.96. The third-order valence-corrected chi connectivity index (χ3v) is 8.77. The zero-order chi connectivity index (χ0) is 26.9. The lowest BCUT2D eigenvalue weighted by Crippen LogP contribution is -2.54. The van der Waals surface area contributed by atoms with Crippen LogP contribution in [0.25, 0.3) is 0 Å². The number of carbonyl (C=O) groups is 2. The third-order valence-electron chi connectivity index (χ3n) is 8.77. The van der Waals surface area contributed by atoms with Crippen molar-refractivity contribution in [2.45, 2.75) is 25.2 Å². The molecule has 0 saturated carbocycles. The number of imide groups is 1. The van der Waals surface area contributed by atoms with Gasteiger partial charge < -0.3 is 4.74 Å². The van der Waals surface area contributed by atoms with E-state index in [1.165, 1.54) is 10.5 Å². The molecular weight excluding hydrogens is 484 g/mol. The molecule has 4 aliphatic rings. The smallest absolute Gasteiger partial charge is 0.239 e. The van der Waals surface area contributed by atoms with Crippen molar-refractivity contribution in [1.29, 1.82) is 0 Å². The normalized spacial score (nSPS) is 24.6. The number of rotatable bonds is 4. The minimum Gasteiger partial charge on any atom is -0.497 e. The quantitative estimate of drug-likeness (QED) is 0.239. The molecule has 192 valence electrons. The van der Waals surface area contributed by atoms with Gasteiger partial charge in [0.25, 0.3) is 0 Å². The van der Waals surface area contributed by atoms with E-state index >= 15 is 0 Å². The molecule has 1 saturated heterocycles. The summed E-state index contributed by atoms with van der Waals surface area (Å²) in [5, 5.41) is 0. The molecule has 2 amide bonds. The molecule has 39 heavy (non-hydrogen) atoms. The summed E-state index contributed by atoms with van der Waals surface area (Å²) in [5.74, 6) is -0.984. The predicted molar refractivity (Wildman–Crippen MR) is 152 cm³/mol. The van der Waals surface area contributed by atoms with Gasteiger partial charge in [-0.05, 0) is 72.0 Å². The van der Waals surface area contributed by atoms with E-state index in [9.17, 15) is 9.59 Å². The summed E-state index contributed by atoms with van der Waals surface area (Å²) < 4.78 is 5.31. The lowest BCUT2D eigenvalue weighted by Gasteiger charge is -2.52. The van der Waals surface area contributed by atoms with Gasteiger partial charge in [0.2, 0.25) is 11.8 Å². The minimum absolute atomic E-state index is 0.159. The van der Waals surface area contributed by atoms with Gasteiger partial charge in [0, 0.05) is 12.1 Å². The Morgan fingerprint density at radius 1 is 0.821 bits per heavy atom. The van der Waals surface area contributed by atoms with Crippen molar-refractivity contribution in [3.05, 3.63) is 124 Å². The Hall–Kier alpha value is -4.51. The van der Waals surface area contributed by atoms with E-state index in [1.807, 2.05) is 36.5 Å². The highest BCUT2D eigenvalue weighted by atomic mass is 16.5. The van der Waals surface area contributed by atoms with Crippen molar-refractivity contribution in [3.63, 3.8) is 0 Å². The van der Waals surface area contributed by atoms with Gasteiger partial charge in [-0.2, -0.15) is 0 Å². The largest absolute Gasteiger partial charge is 0.497 e. The highest BCUT2D eigenvalue weighted by Gasteiger charge is 2.67. The number of nitrogens with zero attached hydrogens (tertiary/aromatic N) is 2. The molecular formula is C34H28N2O3. The Balaban J connectivity index is 1.48. The van der Waals surface area contributed by atoms with Crippen LogP contribution in [0.1, 0.15) is 39.3 Å². The Morgan fingerprint density at radius 2 is 1.46 bits per heavy atom. The van der Waals surface area contributed by atoms with Gasteiger partial charge in [0.05, 0.1) is 35.7 Å². The topological polar surface area (TPSA) is 59.0 Å². The summed E-state index contributed by atoms with van der Waals surface area (Å²) in [7, 11) is 1.60. The van der Waals surface area contributed by atoms with Gasteiger partial charge >= 0.3 is 0 Å². The first kappa shape index (κ1) is 23.6. The lowest BCUT2D eigenvalue weighted by atomic mass is 9.47. The van der Waals surface area contributed by atoms with E-state index in [0.717, 1.165) is 33.5 Å². The number of amides is 2. The molecule has 8 rings (SSSR count). The minimum atomic E-state index is -0.877. The monoisotopic (exact) mass is 512 g/mol. The van der Waals surface area contributed by atoms with Crippen LogP contribution < -0.4 is 9.64 Å². The van der Waals surface area contributed by atoms with E-state index < -0.39 is 17.3 Å². The summed E-state index contributed by atoms with van der Waals surface area (Å²) in [5.41, 5.74) is 7.10. The van der Waals surface area contributed by atoms with E-state index in [2.05, 4.69) is 50.2 Å². The highest BCUT2D eigenvalue weighted by Crippen LogP contribution is 2.63. The number of anilines is 1. The first-order chi connectivity index (χ1) is 19.0. The SMILES string of the molecule is COc1ccc(N2C(=O)[C@@H]3C4c5ccccc5C(C=Nc5ccc(C)cc5C)(c5ccccc54)[C@@H]3C2=O)cc1. The molecule has 0 unspecified atom stereocenters. The average Bonchev–Trinajstić information content (AvgIpc) is 3.23. The van der Waals surface area contributed by atoms with Crippen molar-refractivity contribution < 1.29 is 14.3 Å². The average molecular weight is 513 g/mol. The van der Waals surface area contributed by atoms with Gasteiger partial charge in [-0.3, -0.25) is 14.6 Å². The maximum atomic E-state index is 14.5. The Bertz CT molecular complexity index is 1640. The Labute approximate surface area is 227 Å². The van der Waals surface area contributed by atoms with Crippen LogP contribution in [0.15, 0.2) is 96.0 Å². The van der Waals surface area contributed by atoms with Gasteiger partial charge in [0.1, 0.15) is 5.75 Å². The predicted octanol–water partition coefficient (Wildman–Crippen LogP) is 6.27. The maximum absolute atomic E-state index is 14.5. The van der Waals surface area contributed by atoms with Gasteiger partial charge in [-0.15, -0.1) is 0 Å². The number of benzene rings is 4. The van der Waals surface area contributed by atoms with Crippen LogP contribution in [0.3, 0.4) is 0 Å². The number of hydrogen-bond donors (Lipinski definition) is 0. The van der Waals surface area contributed by atoms with Crippen molar-refractivity contribution in [3.8, 4) is 5.75 Å². The standard InChI is InChI=1S/C34H28N2O3/c1-20-12-17-28(21(2)18-20)35-19-34-26-10-6-4-8-24(26)29(25-9-5-7-11-27(25)34)30-31(34)33(38)36(32(30)37)22-13-15-23(39-3)16-14-22/h4-19,29-31H,1-3H3/t29?,30-,31+,34?/m1/s1. The molecule has 1 aliphatic heterocycles. The second-order valence-electron chi connectivity index (χ2n) is 10.8. The van der Waals surface area contributed by atoms with Crippen molar-refractivity contribution in [2.75, 3.05) is 12.0 Å². The van der Waals surface area contributed by atoms with Crippen LogP contribution in [0.2, 0.25) is 0 Å². The fourth-order valence-electron chi connectivity index (χ4n) is 7.16. The van der Waals surface area contributed by atoms with Crippen LogP contribution in [0.5, 0.6) is 5.75 Å². The van der Waals surface area contributed by atoms with Gasteiger partial charge in [0.15, 0.2) is 0 Å². The van der Waals surface area contributed by atoms with Crippen molar-refractivity contribution in [2.24, 2.45) is 16.8 Å². The van der Waals surface area contributed by atoms with Crippen LogP contribution in [-0.2, 0) is 15.0 Å². The molecule has 5 heteroatoms. The Morgan fingerprint density at radius 3 is 2.08 bits per heavy atom. The molecule has 0 N–H and O–H groups in total. The second kappa shape index (κ2) is 8.50. The fraction of sp³-hybridized carbons (Fsp3) is 0.206. The summed E-state index contributed by atoms with van der Waals surface area (Å²) in [6, 6.07) is 29.8. The Kier molecular flexibility index (Phi) is 5.14. The van der Waals surface area contributed by atoms with Crippen LogP contribution in [-0.4, -0.2) is 25.1 Å². The number of aryl methyl sites for hydroxylation is 2. The number of ether oxygens (including phenoxy) is 1. The third kappa shape index (κ3) is 3.16. The van der Waals surface area contributed by atoms with Crippen LogP contribution in [0, 0.1) is 25.7 Å². The summed E-state index contributed by atoms with van der Waals surface area (Å²) in [4.78, 5) is 35.1. The molecule has 0 aromatic heterocycles. The number of hydrogen-bond acceptors (Lipinski definition) is 4. The molecule has 2 atom stereocenters. The van der Waals surface area contributed by atoms with E-state index in [1.54, 1.807) is 31.4 Å². The lowest BCUT2D eigenvalue weighted by molar-refractivity contribution is -0.122. The number of aliphatic imine (C=N–C) groups is 1. The highest BCUT2D eigenvalue weighted by molar-refractivity contribution is 6.25. The number of carbonyl (C=O) groups excluding carboxylic acids is 2. The molecule has 1 heterocycles. The molecule has 5 nitrogen and oxygen atoms in total. The van der Waals surface area contributed by atoms with Crippen LogP contribution in [0.4, 0.5) is 11.4 Å². The first-order valence-electron chi connectivity index (χ1n) is 13.3. The molecule has 2 bridgehead atoms.